The van der Waals surface area contributed by atoms with E-state index in [9.17, 15) is 0 Å². The zero-order chi connectivity index (χ0) is 10.2. The Bertz CT molecular complexity index is 338. The van der Waals surface area contributed by atoms with E-state index in [4.69, 9.17) is 39.5 Å². The van der Waals surface area contributed by atoms with Crippen molar-refractivity contribution in [3.05, 3.63) is 29.3 Å². The highest BCUT2D eigenvalue weighted by Crippen LogP contribution is 2.53. The molecule has 1 aliphatic carbocycles. The monoisotopic (exact) mass is 250 g/mol. The number of hydrogen-bond acceptors (Lipinski definition) is 1. The van der Waals surface area contributed by atoms with Gasteiger partial charge in [-0.05, 0) is 24.6 Å². The Morgan fingerprint density at radius 2 is 2.14 bits per heavy atom. The molecule has 0 bridgehead atoms. The van der Waals surface area contributed by atoms with Gasteiger partial charge in [-0.15, -0.1) is 23.2 Å². The van der Waals surface area contributed by atoms with Gasteiger partial charge in [-0.2, -0.15) is 0 Å². The highest BCUT2D eigenvalue weighted by Gasteiger charge is 2.52. The number of alkyl halides is 2. The lowest BCUT2D eigenvalue weighted by Gasteiger charge is -2.05. The van der Waals surface area contributed by atoms with Crippen LogP contribution in [0.3, 0.4) is 0 Å². The molecular formula is C10H9Cl3O. The van der Waals surface area contributed by atoms with Gasteiger partial charge in [0.15, 0.2) is 0 Å². The third-order valence-corrected chi connectivity index (χ3v) is 3.36. The van der Waals surface area contributed by atoms with Crippen LogP contribution in [0.15, 0.2) is 24.3 Å². The molecule has 0 saturated heterocycles. The molecule has 1 aromatic rings. The van der Waals surface area contributed by atoms with Crippen molar-refractivity contribution in [2.24, 2.45) is 5.92 Å². The fourth-order valence-corrected chi connectivity index (χ4v) is 1.88. The molecule has 0 aliphatic heterocycles. The van der Waals surface area contributed by atoms with Gasteiger partial charge in [0.1, 0.15) is 10.1 Å². The van der Waals surface area contributed by atoms with Crippen LogP contribution in [-0.4, -0.2) is 10.9 Å². The maximum atomic E-state index is 5.86. The molecule has 1 unspecified atom stereocenters. The molecule has 1 aliphatic rings. The molecule has 0 heterocycles. The Morgan fingerprint density at radius 3 is 2.71 bits per heavy atom. The number of hydrogen-bond donors (Lipinski definition) is 0. The third-order valence-electron chi connectivity index (χ3n) is 2.20. The average molecular weight is 252 g/mol. The normalized spacial score (nSPS) is 23.2. The molecular weight excluding hydrogens is 242 g/mol. The molecule has 14 heavy (non-hydrogen) atoms. The summed E-state index contributed by atoms with van der Waals surface area (Å²) in [6, 6.07) is 7.28. The van der Waals surface area contributed by atoms with Gasteiger partial charge in [0.2, 0.25) is 0 Å². The predicted octanol–water partition coefficient (Wildman–Crippen LogP) is 3.91. The van der Waals surface area contributed by atoms with Crippen molar-refractivity contribution >= 4 is 34.8 Å². The fourth-order valence-electron chi connectivity index (χ4n) is 1.20. The lowest BCUT2D eigenvalue weighted by molar-refractivity contribution is 0.298. The Labute approximate surface area is 97.9 Å². The zero-order valence-electron chi connectivity index (χ0n) is 7.34. The van der Waals surface area contributed by atoms with E-state index in [0.717, 1.165) is 12.2 Å². The smallest absolute Gasteiger partial charge is 0.125 e. The summed E-state index contributed by atoms with van der Waals surface area (Å²) in [5, 5.41) is 0.668. The number of halogens is 3. The maximum Gasteiger partial charge on any atom is 0.125 e. The van der Waals surface area contributed by atoms with E-state index in [-0.39, 0.29) is 5.92 Å². The van der Waals surface area contributed by atoms with Gasteiger partial charge in [0, 0.05) is 10.9 Å². The summed E-state index contributed by atoms with van der Waals surface area (Å²) in [5.74, 6) is 0.998. The number of ether oxygens (including phenoxy) is 1. The summed E-state index contributed by atoms with van der Waals surface area (Å²) in [5.41, 5.74) is 0. The van der Waals surface area contributed by atoms with Crippen molar-refractivity contribution in [3.8, 4) is 5.75 Å². The molecule has 1 atom stereocenters. The van der Waals surface area contributed by atoms with Crippen LogP contribution < -0.4 is 4.74 Å². The molecule has 1 saturated carbocycles. The van der Waals surface area contributed by atoms with Crippen LogP contribution in [0.4, 0.5) is 0 Å². The summed E-state index contributed by atoms with van der Waals surface area (Å²) in [4.78, 5) is 0. The van der Waals surface area contributed by atoms with Crippen molar-refractivity contribution < 1.29 is 4.74 Å². The van der Waals surface area contributed by atoms with Crippen molar-refractivity contribution in [1.29, 1.82) is 0 Å². The minimum absolute atomic E-state index is 0.241. The van der Waals surface area contributed by atoms with Crippen molar-refractivity contribution in [1.82, 2.24) is 0 Å². The first-order chi connectivity index (χ1) is 6.58. The molecule has 4 heteroatoms. The Balaban J connectivity index is 1.87. The van der Waals surface area contributed by atoms with Crippen molar-refractivity contribution in [2.75, 3.05) is 6.61 Å². The Hall–Kier alpha value is -0.110. The molecule has 76 valence electrons. The van der Waals surface area contributed by atoms with Gasteiger partial charge in [-0.25, -0.2) is 0 Å². The lowest BCUT2D eigenvalue weighted by atomic mass is 10.3. The fraction of sp³-hybridized carbons (Fsp3) is 0.400. The van der Waals surface area contributed by atoms with Gasteiger partial charge in [-0.1, -0.05) is 17.7 Å². The largest absolute Gasteiger partial charge is 0.493 e. The minimum Gasteiger partial charge on any atom is -0.493 e. The first-order valence-electron chi connectivity index (χ1n) is 4.34. The molecule has 1 nitrogen and oxygen atoms in total. The van der Waals surface area contributed by atoms with Crippen LogP contribution in [0.25, 0.3) is 0 Å². The second-order valence-corrected chi connectivity index (χ2v) is 5.41. The second-order valence-electron chi connectivity index (χ2n) is 3.43. The first-order valence-corrected chi connectivity index (χ1v) is 5.47. The first kappa shape index (κ1) is 10.4. The third kappa shape index (κ3) is 2.47. The van der Waals surface area contributed by atoms with Gasteiger partial charge in [0.05, 0.1) is 6.61 Å². The molecule has 0 spiro atoms. The van der Waals surface area contributed by atoms with E-state index < -0.39 is 4.33 Å². The van der Waals surface area contributed by atoms with E-state index in [1.165, 1.54) is 0 Å². The highest BCUT2D eigenvalue weighted by molar-refractivity contribution is 6.50. The van der Waals surface area contributed by atoms with E-state index in [0.29, 0.717) is 11.6 Å². The maximum absolute atomic E-state index is 5.86. The highest BCUT2D eigenvalue weighted by atomic mass is 35.5. The van der Waals surface area contributed by atoms with Crippen LogP contribution in [0.5, 0.6) is 5.75 Å². The topological polar surface area (TPSA) is 9.23 Å². The summed E-state index contributed by atoms with van der Waals surface area (Å²) >= 11 is 17.5. The molecule has 0 radical (unpaired) electrons. The molecule has 1 aromatic carbocycles. The van der Waals surface area contributed by atoms with Crippen molar-refractivity contribution in [3.63, 3.8) is 0 Å². The van der Waals surface area contributed by atoms with Gasteiger partial charge in [-0.3, -0.25) is 0 Å². The standard InChI is InChI=1S/C10H9Cl3O/c11-8-2-1-3-9(4-8)14-6-7-5-10(7,12)13/h1-4,7H,5-6H2. The lowest BCUT2D eigenvalue weighted by Crippen LogP contribution is -2.04. The minimum atomic E-state index is -0.571. The average Bonchev–Trinajstić information content (AvgIpc) is 2.71. The van der Waals surface area contributed by atoms with Crippen LogP contribution in [0.1, 0.15) is 6.42 Å². The second kappa shape index (κ2) is 3.80. The summed E-state index contributed by atoms with van der Waals surface area (Å²) in [6.45, 7) is 0.549. The van der Waals surface area contributed by atoms with E-state index >= 15 is 0 Å². The van der Waals surface area contributed by atoms with E-state index in [1.807, 2.05) is 12.1 Å². The van der Waals surface area contributed by atoms with Crippen LogP contribution >= 0.6 is 34.8 Å². The number of rotatable bonds is 3. The molecule has 2 rings (SSSR count). The van der Waals surface area contributed by atoms with E-state index in [1.54, 1.807) is 12.1 Å². The summed E-state index contributed by atoms with van der Waals surface area (Å²) < 4.78 is 4.92. The Morgan fingerprint density at radius 1 is 1.43 bits per heavy atom. The quantitative estimate of drug-likeness (QED) is 0.740. The predicted molar refractivity (Wildman–Crippen MR) is 59.5 cm³/mol. The SMILES string of the molecule is Clc1cccc(OCC2CC2(Cl)Cl)c1. The summed E-state index contributed by atoms with van der Waals surface area (Å²) in [7, 11) is 0. The van der Waals surface area contributed by atoms with E-state index in [2.05, 4.69) is 0 Å². The molecule has 0 aromatic heterocycles. The van der Waals surface area contributed by atoms with Crippen molar-refractivity contribution in [2.45, 2.75) is 10.8 Å². The molecule has 0 amide bonds. The summed E-state index contributed by atoms with van der Waals surface area (Å²) in [6.07, 6.45) is 0.802. The van der Waals surface area contributed by atoms with Gasteiger partial charge >= 0.3 is 0 Å². The number of benzene rings is 1. The van der Waals surface area contributed by atoms with Crippen LogP contribution in [0.2, 0.25) is 5.02 Å². The van der Waals surface area contributed by atoms with Gasteiger partial charge in [0.25, 0.3) is 0 Å². The van der Waals surface area contributed by atoms with Crippen LogP contribution in [0, 0.1) is 5.92 Å². The Kier molecular flexibility index (Phi) is 2.83. The van der Waals surface area contributed by atoms with Crippen LogP contribution in [-0.2, 0) is 0 Å². The molecule has 0 N–H and O–H groups in total. The molecule has 1 fully saturated rings. The zero-order valence-corrected chi connectivity index (χ0v) is 9.61. The van der Waals surface area contributed by atoms with Gasteiger partial charge < -0.3 is 4.74 Å².